The van der Waals surface area contributed by atoms with Gasteiger partial charge < -0.3 is 0 Å². The van der Waals surface area contributed by atoms with Gasteiger partial charge >= 0.3 is 0 Å². The summed E-state index contributed by atoms with van der Waals surface area (Å²) in [6.45, 7) is 1.85. The van der Waals surface area contributed by atoms with Gasteiger partial charge in [0.05, 0.1) is 17.9 Å². The molecule has 0 N–H and O–H groups in total. The predicted molar refractivity (Wildman–Crippen MR) is 85.1 cm³/mol. The Morgan fingerprint density at radius 3 is 2.76 bits per heavy atom. The molecule has 0 aliphatic carbocycles. The monoisotopic (exact) mass is 370 g/mol. The quantitative estimate of drug-likeness (QED) is 0.732. The number of aldehydes is 1. The van der Waals surface area contributed by atoms with Crippen LogP contribution < -0.4 is 0 Å². The van der Waals surface area contributed by atoms with Crippen LogP contribution in [0, 0.1) is 0 Å². The van der Waals surface area contributed by atoms with E-state index in [1.165, 1.54) is 4.68 Å². The van der Waals surface area contributed by atoms with Crippen molar-refractivity contribution in [3.05, 3.63) is 40.5 Å². The van der Waals surface area contributed by atoms with E-state index in [-0.39, 0.29) is 18.1 Å². The van der Waals surface area contributed by atoms with Crippen LogP contribution in [0.1, 0.15) is 17.3 Å². The molecule has 0 bridgehead atoms. The summed E-state index contributed by atoms with van der Waals surface area (Å²) in [6, 6.07) is 7.46. The second-order valence-electron chi connectivity index (χ2n) is 4.56. The normalized spacial score (nSPS) is 11.5. The molecule has 0 atom stereocenters. The van der Waals surface area contributed by atoms with Gasteiger partial charge in [0.2, 0.25) is 0 Å². The number of rotatable bonds is 6. The minimum atomic E-state index is -3.06. The van der Waals surface area contributed by atoms with Gasteiger partial charge in [0.15, 0.2) is 16.1 Å². The van der Waals surface area contributed by atoms with E-state index in [9.17, 15) is 13.2 Å². The van der Waals surface area contributed by atoms with Crippen molar-refractivity contribution in [3.63, 3.8) is 0 Å². The largest absolute Gasteiger partial charge is 0.298 e. The summed E-state index contributed by atoms with van der Waals surface area (Å²) < 4.78 is 25.5. The van der Waals surface area contributed by atoms with Gasteiger partial charge in [-0.3, -0.25) is 9.48 Å². The molecule has 5 nitrogen and oxygen atoms in total. The zero-order valence-corrected chi connectivity index (χ0v) is 13.9. The zero-order chi connectivity index (χ0) is 15.5. The smallest absolute Gasteiger partial charge is 0.153 e. The van der Waals surface area contributed by atoms with Crippen molar-refractivity contribution in [3.8, 4) is 11.3 Å². The number of hydrogen-bond donors (Lipinski definition) is 0. The lowest BCUT2D eigenvalue weighted by Crippen LogP contribution is -2.14. The summed E-state index contributed by atoms with van der Waals surface area (Å²) in [7, 11) is -3.06. The Morgan fingerprint density at radius 1 is 1.38 bits per heavy atom. The highest BCUT2D eigenvalue weighted by atomic mass is 79.9. The number of benzene rings is 1. The molecule has 1 aromatic carbocycles. The second kappa shape index (κ2) is 6.53. The molecule has 0 saturated heterocycles. The highest BCUT2D eigenvalue weighted by Crippen LogP contribution is 2.24. The first-order valence-corrected chi connectivity index (χ1v) is 9.05. The minimum Gasteiger partial charge on any atom is -0.298 e. The Kier molecular flexibility index (Phi) is 4.95. The van der Waals surface area contributed by atoms with Crippen molar-refractivity contribution in [1.29, 1.82) is 0 Å². The number of aryl methyl sites for hydroxylation is 1. The van der Waals surface area contributed by atoms with E-state index in [1.54, 1.807) is 13.1 Å². The molecule has 1 heterocycles. The van der Waals surface area contributed by atoms with Crippen LogP contribution in [0.25, 0.3) is 11.3 Å². The molecule has 0 spiro atoms. The summed E-state index contributed by atoms with van der Waals surface area (Å²) in [4.78, 5) is 11.2. The molecule has 7 heteroatoms. The minimum absolute atomic E-state index is 0.0153. The Labute approximate surface area is 132 Å². The van der Waals surface area contributed by atoms with Crippen LogP contribution in [0.4, 0.5) is 0 Å². The number of aromatic nitrogens is 2. The maximum atomic E-state index is 11.5. The maximum absolute atomic E-state index is 11.5. The molecule has 0 amide bonds. The Morgan fingerprint density at radius 2 is 2.14 bits per heavy atom. The third-order valence-electron chi connectivity index (χ3n) is 3.09. The summed E-state index contributed by atoms with van der Waals surface area (Å²) in [5, 5.41) is 4.33. The molecule has 0 saturated carbocycles. The zero-order valence-electron chi connectivity index (χ0n) is 11.5. The van der Waals surface area contributed by atoms with E-state index in [0.29, 0.717) is 11.3 Å². The van der Waals surface area contributed by atoms with Gasteiger partial charge in [-0.2, -0.15) is 5.10 Å². The molecule has 1 aromatic heterocycles. The number of carbonyl (C=O) groups excluding carboxylic acids is 1. The molecule has 0 fully saturated rings. The van der Waals surface area contributed by atoms with Gasteiger partial charge in [-0.1, -0.05) is 35.0 Å². The van der Waals surface area contributed by atoms with Crippen LogP contribution in [-0.4, -0.2) is 36.0 Å². The van der Waals surface area contributed by atoms with E-state index in [1.807, 2.05) is 24.3 Å². The van der Waals surface area contributed by atoms with Gasteiger partial charge in [0, 0.05) is 22.0 Å². The average Bonchev–Trinajstić information content (AvgIpc) is 2.89. The van der Waals surface area contributed by atoms with Crippen molar-refractivity contribution < 1.29 is 13.2 Å². The van der Waals surface area contributed by atoms with Crippen LogP contribution in [0.3, 0.4) is 0 Å². The van der Waals surface area contributed by atoms with Crippen molar-refractivity contribution in [1.82, 2.24) is 9.78 Å². The lowest BCUT2D eigenvalue weighted by Gasteiger charge is -2.02. The molecule has 0 aliphatic heterocycles. The SMILES string of the molecule is CCS(=O)(=O)CCn1cc(C=O)c(-c2cccc(Br)c2)n1. The fourth-order valence-corrected chi connectivity index (χ4v) is 3.03. The first kappa shape index (κ1) is 15.9. The standard InChI is InChI=1S/C14H15BrN2O3S/c1-2-21(19,20)7-6-17-9-12(10-18)14(16-17)11-4-3-5-13(15)8-11/h3-5,8-10H,2,6-7H2,1H3. The Bertz CT molecular complexity index is 753. The van der Waals surface area contributed by atoms with Gasteiger partial charge in [-0.05, 0) is 12.1 Å². The van der Waals surface area contributed by atoms with Crippen molar-refractivity contribution in [2.75, 3.05) is 11.5 Å². The maximum Gasteiger partial charge on any atom is 0.153 e. The van der Waals surface area contributed by atoms with Crippen molar-refractivity contribution in [2.24, 2.45) is 0 Å². The molecular formula is C14H15BrN2O3S. The first-order valence-electron chi connectivity index (χ1n) is 6.44. The van der Waals surface area contributed by atoms with E-state index in [2.05, 4.69) is 21.0 Å². The molecule has 21 heavy (non-hydrogen) atoms. The van der Waals surface area contributed by atoms with E-state index >= 15 is 0 Å². The fourth-order valence-electron chi connectivity index (χ4n) is 1.87. The number of carbonyl (C=O) groups is 1. The van der Waals surface area contributed by atoms with Crippen molar-refractivity contribution in [2.45, 2.75) is 13.5 Å². The topological polar surface area (TPSA) is 69.0 Å². The molecule has 0 unspecified atom stereocenters. The van der Waals surface area contributed by atoms with E-state index in [0.717, 1.165) is 16.3 Å². The number of halogens is 1. The lowest BCUT2D eigenvalue weighted by atomic mass is 10.1. The van der Waals surface area contributed by atoms with E-state index in [4.69, 9.17) is 0 Å². The highest BCUT2D eigenvalue weighted by Gasteiger charge is 2.13. The number of hydrogen-bond acceptors (Lipinski definition) is 4. The summed E-state index contributed by atoms with van der Waals surface area (Å²) >= 11 is 3.38. The van der Waals surface area contributed by atoms with Crippen LogP contribution >= 0.6 is 15.9 Å². The molecule has 0 radical (unpaired) electrons. The number of sulfone groups is 1. The van der Waals surface area contributed by atoms with Gasteiger partial charge in [0.1, 0.15) is 5.69 Å². The summed E-state index contributed by atoms with van der Waals surface area (Å²) in [6.07, 6.45) is 2.31. The van der Waals surface area contributed by atoms with Gasteiger partial charge in [0.25, 0.3) is 0 Å². The molecule has 0 aliphatic rings. The third kappa shape index (κ3) is 4.01. The van der Waals surface area contributed by atoms with Crippen LogP contribution in [-0.2, 0) is 16.4 Å². The van der Waals surface area contributed by atoms with Crippen LogP contribution in [0.5, 0.6) is 0 Å². The van der Waals surface area contributed by atoms with Crippen LogP contribution in [0.15, 0.2) is 34.9 Å². The Balaban J connectivity index is 2.30. The molecule has 112 valence electrons. The Hall–Kier alpha value is -1.47. The molecule has 2 aromatic rings. The van der Waals surface area contributed by atoms with Gasteiger partial charge in [-0.15, -0.1) is 0 Å². The highest BCUT2D eigenvalue weighted by molar-refractivity contribution is 9.10. The average molecular weight is 371 g/mol. The fraction of sp³-hybridized carbons (Fsp3) is 0.286. The molecular weight excluding hydrogens is 356 g/mol. The van der Waals surface area contributed by atoms with Crippen LogP contribution in [0.2, 0.25) is 0 Å². The second-order valence-corrected chi connectivity index (χ2v) is 7.95. The van der Waals surface area contributed by atoms with Crippen molar-refractivity contribution >= 4 is 32.1 Å². The first-order chi connectivity index (χ1) is 9.95. The van der Waals surface area contributed by atoms with Gasteiger partial charge in [-0.25, -0.2) is 8.42 Å². The molecule has 2 rings (SSSR count). The third-order valence-corrected chi connectivity index (χ3v) is 5.26. The van der Waals surface area contributed by atoms with E-state index < -0.39 is 9.84 Å². The summed E-state index contributed by atoms with van der Waals surface area (Å²) in [5.74, 6) is 0.120. The summed E-state index contributed by atoms with van der Waals surface area (Å²) in [5.41, 5.74) is 1.81. The lowest BCUT2D eigenvalue weighted by molar-refractivity contribution is 0.112. The predicted octanol–water partition coefficient (Wildman–Crippen LogP) is 2.56. The number of nitrogens with zero attached hydrogens (tertiary/aromatic N) is 2.